The molecule has 1 fully saturated rings. The summed E-state index contributed by atoms with van der Waals surface area (Å²) in [5.41, 5.74) is 5.90. The van der Waals surface area contributed by atoms with Gasteiger partial charge >= 0.3 is 0 Å². The molecular weight excluding hydrogens is 340 g/mol. The van der Waals surface area contributed by atoms with Gasteiger partial charge in [0.05, 0.1) is 6.54 Å². The maximum atomic E-state index is 13.1. The first-order chi connectivity index (χ1) is 10.8. The van der Waals surface area contributed by atoms with Crippen LogP contribution in [0.2, 0.25) is 0 Å². The fraction of sp³-hybridized carbons (Fsp3) is 0.500. The van der Waals surface area contributed by atoms with Crippen molar-refractivity contribution in [3.63, 3.8) is 0 Å². The van der Waals surface area contributed by atoms with Crippen LogP contribution >= 0.6 is 12.4 Å². The number of hydrogen-bond acceptors (Lipinski definition) is 3. The number of nitrogens with zero attached hydrogens (tertiary/aromatic N) is 1. The minimum Gasteiger partial charge on any atom is -0.336 e. The van der Waals surface area contributed by atoms with Crippen LogP contribution in [0.1, 0.15) is 25.7 Å². The molecule has 1 aliphatic rings. The van der Waals surface area contributed by atoms with Crippen LogP contribution in [0.25, 0.3) is 0 Å². The number of amides is 2. The van der Waals surface area contributed by atoms with Crippen molar-refractivity contribution in [3.8, 4) is 0 Å². The molecule has 1 saturated carbocycles. The van der Waals surface area contributed by atoms with Gasteiger partial charge in [0, 0.05) is 30.8 Å². The van der Waals surface area contributed by atoms with Gasteiger partial charge in [-0.05, 0) is 31.4 Å². The van der Waals surface area contributed by atoms with E-state index in [2.05, 4.69) is 5.32 Å². The monoisotopic (exact) mass is 361 g/mol. The number of anilines is 1. The summed E-state index contributed by atoms with van der Waals surface area (Å²) in [7, 11) is 1.54. The summed E-state index contributed by atoms with van der Waals surface area (Å²) in [6.45, 7) is -0.178. The molecule has 5 nitrogen and oxygen atoms in total. The Morgan fingerprint density at radius 1 is 1.25 bits per heavy atom. The minimum absolute atomic E-state index is 0. The van der Waals surface area contributed by atoms with E-state index in [0.29, 0.717) is 6.42 Å². The average Bonchev–Trinajstić information content (AvgIpc) is 2.45. The highest BCUT2D eigenvalue weighted by atomic mass is 35.5. The third-order valence-corrected chi connectivity index (χ3v) is 3.97. The Bertz CT molecular complexity index is 580. The summed E-state index contributed by atoms with van der Waals surface area (Å²) in [4.78, 5) is 25.6. The molecule has 1 aromatic carbocycles. The van der Waals surface area contributed by atoms with Gasteiger partial charge in [-0.2, -0.15) is 0 Å². The molecule has 0 radical (unpaired) electrons. The number of carbonyl (C=O) groups excluding carboxylic acids is 2. The zero-order valence-electron chi connectivity index (χ0n) is 13.4. The van der Waals surface area contributed by atoms with Crippen molar-refractivity contribution in [2.24, 2.45) is 11.7 Å². The molecule has 0 bridgehead atoms. The lowest BCUT2D eigenvalue weighted by Gasteiger charge is -2.29. The zero-order chi connectivity index (χ0) is 17.0. The molecule has 1 aromatic rings. The fourth-order valence-electron chi connectivity index (χ4n) is 2.88. The SMILES string of the molecule is CN(CC(=O)Nc1cc(F)cc(F)c1)C(=O)C1CCCC(N)C1.Cl. The quantitative estimate of drug-likeness (QED) is 0.864. The zero-order valence-corrected chi connectivity index (χ0v) is 14.2. The molecule has 0 heterocycles. The van der Waals surface area contributed by atoms with Gasteiger partial charge in [-0.3, -0.25) is 9.59 Å². The second-order valence-electron chi connectivity index (χ2n) is 6.02. The smallest absolute Gasteiger partial charge is 0.243 e. The first-order valence-electron chi connectivity index (χ1n) is 7.61. The summed E-state index contributed by atoms with van der Waals surface area (Å²) < 4.78 is 26.2. The molecule has 0 spiro atoms. The Hall–Kier alpha value is -1.73. The summed E-state index contributed by atoms with van der Waals surface area (Å²) in [5, 5.41) is 2.38. The fourth-order valence-corrected chi connectivity index (χ4v) is 2.88. The first kappa shape index (κ1) is 20.3. The van der Waals surface area contributed by atoms with E-state index in [4.69, 9.17) is 5.73 Å². The molecule has 2 unspecified atom stereocenters. The van der Waals surface area contributed by atoms with Gasteiger partial charge in [0.25, 0.3) is 0 Å². The molecule has 8 heteroatoms. The van der Waals surface area contributed by atoms with Gasteiger partial charge in [-0.1, -0.05) is 6.42 Å². The number of likely N-dealkylation sites (N-methyl/N-ethyl adjacent to an activating group) is 1. The number of halogens is 3. The topological polar surface area (TPSA) is 75.4 Å². The van der Waals surface area contributed by atoms with Crippen molar-refractivity contribution in [2.75, 3.05) is 18.9 Å². The maximum Gasteiger partial charge on any atom is 0.243 e. The lowest BCUT2D eigenvalue weighted by molar-refractivity contribution is -0.138. The number of benzene rings is 1. The average molecular weight is 362 g/mol. The van der Waals surface area contributed by atoms with Crippen molar-refractivity contribution >= 4 is 29.9 Å². The van der Waals surface area contributed by atoms with E-state index in [9.17, 15) is 18.4 Å². The molecular formula is C16H22ClF2N3O2. The summed E-state index contributed by atoms with van der Waals surface area (Å²) in [5.74, 6) is -2.35. The van der Waals surface area contributed by atoms with Crippen molar-refractivity contribution in [2.45, 2.75) is 31.7 Å². The first-order valence-corrected chi connectivity index (χ1v) is 7.61. The van der Waals surface area contributed by atoms with Crippen molar-refractivity contribution in [1.82, 2.24) is 4.90 Å². The normalized spacial score (nSPS) is 20.0. The Morgan fingerprint density at radius 3 is 2.46 bits per heavy atom. The van der Waals surface area contributed by atoms with Crippen molar-refractivity contribution in [3.05, 3.63) is 29.8 Å². The Labute approximate surface area is 146 Å². The van der Waals surface area contributed by atoms with Crippen LogP contribution in [0, 0.1) is 17.6 Å². The Kier molecular flexibility index (Phi) is 7.57. The number of hydrogen-bond donors (Lipinski definition) is 2. The van der Waals surface area contributed by atoms with E-state index in [1.165, 1.54) is 11.9 Å². The van der Waals surface area contributed by atoms with Crippen LogP contribution in [0.15, 0.2) is 18.2 Å². The van der Waals surface area contributed by atoms with Gasteiger partial charge < -0.3 is 16.0 Å². The summed E-state index contributed by atoms with van der Waals surface area (Å²) in [6.07, 6.45) is 3.22. The van der Waals surface area contributed by atoms with Crippen LogP contribution in [-0.2, 0) is 9.59 Å². The van der Waals surface area contributed by atoms with Crippen molar-refractivity contribution in [1.29, 1.82) is 0 Å². The molecule has 0 saturated heterocycles. The van der Waals surface area contributed by atoms with Crippen LogP contribution < -0.4 is 11.1 Å². The van der Waals surface area contributed by atoms with E-state index in [1.807, 2.05) is 0 Å². The second-order valence-corrected chi connectivity index (χ2v) is 6.02. The highest BCUT2D eigenvalue weighted by Crippen LogP contribution is 2.24. The van der Waals surface area contributed by atoms with E-state index >= 15 is 0 Å². The van der Waals surface area contributed by atoms with E-state index < -0.39 is 17.5 Å². The van der Waals surface area contributed by atoms with Gasteiger partial charge in [-0.15, -0.1) is 12.4 Å². The molecule has 0 aromatic heterocycles. The van der Waals surface area contributed by atoms with Gasteiger partial charge in [-0.25, -0.2) is 8.78 Å². The molecule has 0 aliphatic heterocycles. The number of nitrogens with two attached hydrogens (primary N) is 1. The largest absolute Gasteiger partial charge is 0.336 e. The standard InChI is InChI=1S/C16H21F2N3O2.ClH/c1-21(16(23)10-3-2-4-13(19)5-10)9-15(22)20-14-7-11(17)6-12(18)8-14;/h6-8,10,13H,2-5,9,19H2,1H3,(H,20,22);1H. The highest BCUT2D eigenvalue weighted by Gasteiger charge is 2.28. The predicted octanol–water partition coefficient (Wildman–Crippen LogP) is 2.30. The van der Waals surface area contributed by atoms with Gasteiger partial charge in [0.2, 0.25) is 11.8 Å². The third-order valence-electron chi connectivity index (χ3n) is 3.97. The Morgan fingerprint density at radius 2 is 1.88 bits per heavy atom. The summed E-state index contributed by atoms with van der Waals surface area (Å²) >= 11 is 0. The molecule has 2 rings (SSSR count). The molecule has 2 atom stereocenters. The Balaban J connectivity index is 0.00000288. The summed E-state index contributed by atoms with van der Waals surface area (Å²) in [6, 6.07) is 2.78. The minimum atomic E-state index is -0.777. The molecule has 1 aliphatic carbocycles. The lowest BCUT2D eigenvalue weighted by Crippen LogP contribution is -2.41. The van der Waals surface area contributed by atoms with E-state index in [1.54, 1.807) is 0 Å². The van der Waals surface area contributed by atoms with Crippen LogP contribution in [0.5, 0.6) is 0 Å². The molecule has 134 valence electrons. The van der Waals surface area contributed by atoms with Crippen LogP contribution in [-0.4, -0.2) is 36.3 Å². The number of rotatable bonds is 4. The second kappa shape index (κ2) is 8.94. The molecule has 2 amide bonds. The van der Waals surface area contributed by atoms with Crippen LogP contribution in [0.3, 0.4) is 0 Å². The van der Waals surface area contributed by atoms with Crippen LogP contribution in [0.4, 0.5) is 14.5 Å². The van der Waals surface area contributed by atoms with Gasteiger partial charge in [0.1, 0.15) is 11.6 Å². The maximum absolute atomic E-state index is 13.1. The molecule has 3 N–H and O–H groups in total. The predicted molar refractivity (Wildman–Crippen MR) is 89.8 cm³/mol. The van der Waals surface area contributed by atoms with E-state index in [-0.39, 0.29) is 42.5 Å². The number of nitrogens with one attached hydrogen (secondary N) is 1. The van der Waals surface area contributed by atoms with Crippen molar-refractivity contribution < 1.29 is 18.4 Å². The number of carbonyl (C=O) groups is 2. The van der Waals surface area contributed by atoms with Gasteiger partial charge in [0.15, 0.2) is 0 Å². The molecule has 24 heavy (non-hydrogen) atoms. The lowest BCUT2D eigenvalue weighted by atomic mass is 9.85. The van der Waals surface area contributed by atoms with E-state index in [0.717, 1.165) is 37.5 Å². The third kappa shape index (κ3) is 5.72. The highest BCUT2D eigenvalue weighted by molar-refractivity contribution is 5.94.